The van der Waals surface area contributed by atoms with Crippen LogP contribution in [0, 0.1) is 12.7 Å². The molecule has 0 bridgehead atoms. The standard InChI is InChI=1S/C19H15FO3/c1-12-14-5-3-4-6-17(14)23-19(12)16(21)9-7-13-8-10-18(22-2)15(20)11-13/h3-11H,1-2H3/b9-7+. The van der Waals surface area contributed by atoms with Crippen molar-refractivity contribution in [3.63, 3.8) is 0 Å². The van der Waals surface area contributed by atoms with Gasteiger partial charge in [-0.25, -0.2) is 4.39 Å². The highest BCUT2D eigenvalue weighted by Gasteiger charge is 2.15. The van der Waals surface area contributed by atoms with E-state index in [2.05, 4.69) is 0 Å². The molecule has 0 saturated carbocycles. The third kappa shape index (κ3) is 2.88. The van der Waals surface area contributed by atoms with Gasteiger partial charge in [-0.05, 0) is 36.8 Å². The van der Waals surface area contributed by atoms with E-state index in [1.54, 1.807) is 12.1 Å². The van der Waals surface area contributed by atoms with E-state index in [-0.39, 0.29) is 11.5 Å². The molecule has 0 atom stereocenters. The van der Waals surface area contributed by atoms with E-state index in [0.29, 0.717) is 16.9 Å². The van der Waals surface area contributed by atoms with Gasteiger partial charge in [-0.2, -0.15) is 0 Å². The summed E-state index contributed by atoms with van der Waals surface area (Å²) in [7, 11) is 1.40. The number of furan rings is 1. The molecule has 2 aromatic carbocycles. The van der Waals surface area contributed by atoms with E-state index in [1.807, 2.05) is 31.2 Å². The number of fused-ring (bicyclic) bond motifs is 1. The van der Waals surface area contributed by atoms with E-state index < -0.39 is 5.82 Å². The molecule has 0 aliphatic heterocycles. The first-order valence-corrected chi connectivity index (χ1v) is 7.14. The third-order valence-corrected chi connectivity index (χ3v) is 3.67. The molecular formula is C19H15FO3. The van der Waals surface area contributed by atoms with Crippen LogP contribution >= 0.6 is 0 Å². The molecule has 3 rings (SSSR count). The SMILES string of the molecule is COc1ccc(/C=C/C(=O)c2oc3ccccc3c2C)cc1F. The number of halogens is 1. The lowest BCUT2D eigenvalue weighted by atomic mass is 10.1. The fourth-order valence-electron chi connectivity index (χ4n) is 2.44. The summed E-state index contributed by atoms with van der Waals surface area (Å²) in [6, 6.07) is 12.0. The lowest BCUT2D eigenvalue weighted by Crippen LogP contribution is -1.94. The molecular weight excluding hydrogens is 295 g/mol. The first kappa shape index (κ1) is 15.0. The number of aryl methyl sites for hydroxylation is 1. The summed E-state index contributed by atoms with van der Waals surface area (Å²) in [6.07, 6.45) is 2.93. The van der Waals surface area contributed by atoms with E-state index in [4.69, 9.17) is 9.15 Å². The Morgan fingerprint density at radius 2 is 2.00 bits per heavy atom. The highest BCUT2D eigenvalue weighted by molar-refractivity contribution is 6.08. The minimum Gasteiger partial charge on any atom is -0.494 e. The van der Waals surface area contributed by atoms with Crippen LogP contribution in [0.4, 0.5) is 4.39 Å². The van der Waals surface area contributed by atoms with Crippen molar-refractivity contribution in [3.05, 3.63) is 71.2 Å². The summed E-state index contributed by atoms with van der Waals surface area (Å²) in [5.74, 6) is -0.255. The molecule has 0 aliphatic rings. The average molecular weight is 310 g/mol. The van der Waals surface area contributed by atoms with Gasteiger partial charge < -0.3 is 9.15 Å². The number of carbonyl (C=O) groups excluding carboxylic acids is 1. The summed E-state index contributed by atoms with van der Waals surface area (Å²) in [5.41, 5.74) is 2.05. The number of methoxy groups -OCH3 is 1. The Morgan fingerprint density at radius 1 is 1.22 bits per heavy atom. The summed E-state index contributed by atoms with van der Waals surface area (Å²) in [5, 5.41) is 0.916. The third-order valence-electron chi connectivity index (χ3n) is 3.67. The largest absolute Gasteiger partial charge is 0.494 e. The number of ketones is 1. The first-order chi connectivity index (χ1) is 11.1. The molecule has 0 unspecified atom stereocenters. The number of hydrogen-bond acceptors (Lipinski definition) is 3. The normalized spacial score (nSPS) is 11.3. The van der Waals surface area contributed by atoms with Gasteiger partial charge in [-0.15, -0.1) is 0 Å². The van der Waals surface area contributed by atoms with E-state index in [9.17, 15) is 9.18 Å². The van der Waals surface area contributed by atoms with Crippen molar-refractivity contribution in [2.45, 2.75) is 6.92 Å². The Morgan fingerprint density at radius 3 is 2.70 bits per heavy atom. The molecule has 0 N–H and O–H groups in total. The molecule has 0 spiro atoms. The summed E-state index contributed by atoms with van der Waals surface area (Å²) in [4.78, 5) is 12.3. The van der Waals surface area contributed by atoms with Crippen LogP contribution in [-0.4, -0.2) is 12.9 Å². The molecule has 0 radical (unpaired) electrons. The zero-order chi connectivity index (χ0) is 16.4. The highest BCUT2D eigenvalue weighted by Crippen LogP contribution is 2.25. The van der Waals surface area contributed by atoms with Gasteiger partial charge in [-0.1, -0.05) is 30.3 Å². The van der Waals surface area contributed by atoms with Crippen molar-refractivity contribution in [3.8, 4) is 5.75 Å². The van der Waals surface area contributed by atoms with Crippen LogP contribution in [0.2, 0.25) is 0 Å². The Bertz CT molecular complexity index is 906. The monoisotopic (exact) mass is 310 g/mol. The molecule has 116 valence electrons. The molecule has 1 aromatic heterocycles. The maximum Gasteiger partial charge on any atom is 0.221 e. The number of carbonyl (C=O) groups is 1. The van der Waals surface area contributed by atoms with Crippen LogP contribution in [0.3, 0.4) is 0 Å². The van der Waals surface area contributed by atoms with Crippen LogP contribution in [0.25, 0.3) is 17.0 Å². The van der Waals surface area contributed by atoms with Gasteiger partial charge in [0.1, 0.15) is 5.58 Å². The Labute approximate surface area is 133 Å². The van der Waals surface area contributed by atoms with Crippen molar-refractivity contribution in [1.29, 1.82) is 0 Å². The molecule has 0 saturated heterocycles. The zero-order valence-corrected chi connectivity index (χ0v) is 12.8. The molecule has 23 heavy (non-hydrogen) atoms. The van der Waals surface area contributed by atoms with Crippen molar-refractivity contribution in [2.24, 2.45) is 0 Å². The van der Waals surface area contributed by atoms with Gasteiger partial charge >= 0.3 is 0 Å². The second kappa shape index (κ2) is 6.08. The smallest absolute Gasteiger partial charge is 0.221 e. The minimum atomic E-state index is -0.470. The van der Waals surface area contributed by atoms with Gasteiger partial charge in [-0.3, -0.25) is 4.79 Å². The van der Waals surface area contributed by atoms with E-state index in [1.165, 1.54) is 25.3 Å². The molecule has 3 aromatic rings. The number of benzene rings is 2. The number of allylic oxidation sites excluding steroid dienone is 1. The van der Waals surface area contributed by atoms with Gasteiger partial charge in [0, 0.05) is 10.9 Å². The predicted molar refractivity (Wildman–Crippen MR) is 87.3 cm³/mol. The van der Waals surface area contributed by atoms with Gasteiger partial charge in [0.05, 0.1) is 7.11 Å². The van der Waals surface area contributed by atoms with Gasteiger partial charge in [0.25, 0.3) is 0 Å². The first-order valence-electron chi connectivity index (χ1n) is 7.14. The molecule has 1 heterocycles. The van der Waals surface area contributed by atoms with Crippen molar-refractivity contribution >= 4 is 22.8 Å². The summed E-state index contributed by atoms with van der Waals surface area (Å²) in [6.45, 7) is 1.85. The van der Waals surface area contributed by atoms with Crippen molar-refractivity contribution in [2.75, 3.05) is 7.11 Å². The number of rotatable bonds is 4. The van der Waals surface area contributed by atoms with Gasteiger partial charge in [0.15, 0.2) is 17.3 Å². The Hall–Kier alpha value is -2.88. The lowest BCUT2D eigenvalue weighted by molar-refractivity contribution is 0.102. The van der Waals surface area contributed by atoms with Crippen LogP contribution in [-0.2, 0) is 0 Å². The van der Waals surface area contributed by atoms with Gasteiger partial charge in [0.2, 0.25) is 5.78 Å². The van der Waals surface area contributed by atoms with Crippen molar-refractivity contribution < 1.29 is 18.3 Å². The lowest BCUT2D eigenvalue weighted by Gasteiger charge is -2.01. The number of para-hydroxylation sites is 1. The predicted octanol–water partition coefficient (Wildman–Crippen LogP) is 4.79. The molecule has 0 aliphatic carbocycles. The Kier molecular flexibility index (Phi) is 3.98. The minimum absolute atomic E-state index is 0.168. The van der Waals surface area contributed by atoms with Crippen molar-refractivity contribution in [1.82, 2.24) is 0 Å². The molecule has 0 amide bonds. The fourth-order valence-corrected chi connectivity index (χ4v) is 2.44. The Balaban J connectivity index is 1.88. The number of hydrogen-bond donors (Lipinski definition) is 0. The molecule has 3 nitrogen and oxygen atoms in total. The summed E-state index contributed by atoms with van der Waals surface area (Å²) >= 11 is 0. The summed E-state index contributed by atoms with van der Waals surface area (Å²) < 4.78 is 24.1. The van der Waals surface area contributed by atoms with E-state index in [0.717, 1.165) is 10.9 Å². The zero-order valence-electron chi connectivity index (χ0n) is 12.8. The fraction of sp³-hybridized carbons (Fsp3) is 0.105. The molecule has 0 fully saturated rings. The van der Waals surface area contributed by atoms with Crippen LogP contribution in [0.15, 0.2) is 53.0 Å². The average Bonchev–Trinajstić information content (AvgIpc) is 2.90. The van der Waals surface area contributed by atoms with E-state index >= 15 is 0 Å². The topological polar surface area (TPSA) is 39.4 Å². The quantitative estimate of drug-likeness (QED) is 0.514. The maximum absolute atomic E-state index is 13.6. The second-order valence-corrected chi connectivity index (χ2v) is 5.14. The number of ether oxygens (including phenoxy) is 1. The van der Waals surface area contributed by atoms with Crippen LogP contribution < -0.4 is 4.74 Å². The second-order valence-electron chi connectivity index (χ2n) is 5.14. The van der Waals surface area contributed by atoms with Crippen LogP contribution in [0.5, 0.6) is 5.75 Å². The highest BCUT2D eigenvalue weighted by atomic mass is 19.1. The van der Waals surface area contributed by atoms with Crippen LogP contribution in [0.1, 0.15) is 21.7 Å². The maximum atomic E-state index is 13.6. The molecule has 4 heteroatoms.